The van der Waals surface area contributed by atoms with E-state index < -0.39 is 24.0 Å². The van der Waals surface area contributed by atoms with Crippen molar-refractivity contribution in [2.24, 2.45) is 11.5 Å². The molecule has 0 unspecified atom stereocenters. The molecule has 0 aliphatic heterocycles. The number of carbonyl (C=O) groups excluding carboxylic acids is 3. The molecular formula is C33H42N4O4. The highest BCUT2D eigenvalue weighted by Crippen LogP contribution is 2.17. The van der Waals surface area contributed by atoms with Gasteiger partial charge in [-0.3, -0.25) is 9.59 Å². The SMILES string of the molecule is CCCN(CCC)C(=O)c1cc(C(N)=O)cc(C(=O)O[C@H](CNCc2ccccc2)[C@@H](N)Cc2ccc(C)cc2)c1. The van der Waals surface area contributed by atoms with Crippen LogP contribution in [0, 0.1) is 6.92 Å². The molecule has 0 saturated heterocycles. The third-order valence-corrected chi connectivity index (χ3v) is 6.82. The molecule has 3 aromatic carbocycles. The van der Waals surface area contributed by atoms with Crippen molar-refractivity contribution in [2.45, 2.75) is 58.7 Å². The van der Waals surface area contributed by atoms with Crippen molar-refractivity contribution in [1.29, 1.82) is 0 Å². The van der Waals surface area contributed by atoms with Crippen molar-refractivity contribution in [3.8, 4) is 0 Å². The van der Waals surface area contributed by atoms with E-state index in [0.717, 1.165) is 29.5 Å². The molecule has 3 aromatic rings. The minimum atomic E-state index is -0.733. The molecule has 0 aromatic heterocycles. The summed E-state index contributed by atoms with van der Waals surface area (Å²) in [6, 6.07) is 21.7. The highest BCUT2D eigenvalue weighted by Gasteiger charge is 2.25. The van der Waals surface area contributed by atoms with Gasteiger partial charge >= 0.3 is 5.97 Å². The second-order valence-corrected chi connectivity index (χ2v) is 10.4. The molecular weight excluding hydrogens is 516 g/mol. The van der Waals surface area contributed by atoms with Gasteiger partial charge in [0.05, 0.1) is 5.56 Å². The van der Waals surface area contributed by atoms with E-state index in [1.165, 1.54) is 18.2 Å². The molecule has 0 spiro atoms. The minimum absolute atomic E-state index is 0.0680. The lowest BCUT2D eigenvalue weighted by atomic mass is 10.0. The quantitative estimate of drug-likeness (QED) is 0.240. The number of nitrogens with one attached hydrogen (secondary N) is 1. The first-order valence-corrected chi connectivity index (χ1v) is 14.2. The second-order valence-electron chi connectivity index (χ2n) is 10.4. The van der Waals surface area contributed by atoms with E-state index in [-0.39, 0.29) is 22.6 Å². The normalized spacial score (nSPS) is 12.4. The van der Waals surface area contributed by atoms with Gasteiger partial charge in [-0.1, -0.05) is 74.0 Å². The summed E-state index contributed by atoms with van der Waals surface area (Å²) in [7, 11) is 0. The van der Waals surface area contributed by atoms with Crippen LogP contribution < -0.4 is 16.8 Å². The summed E-state index contributed by atoms with van der Waals surface area (Å²) in [6.45, 7) is 8.02. The summed E-state index contributed by atoms with van der Waals surface area (Å²) in [5, 5.41) is 3.34. The second kappa shape index (κ2) is 15.7. The minimum Gasteiger partial charge on any atom is -0.456 e. The third-order valence-electron chi connectivity index (χ3n) is 6.82. The average molecular weight is 559 g/mol. The maximum absolute atomic E-state index is 13.5. The van der Waals surface area contributed by atoms with Crippen LogP contribution in [0.3, 0.4) is 0 Å². The Morgan fingerprint density at radius 1 is 0.854 bits per heavy atom. The largest absolute Gasteiger partial charge is 0.456 e. The van der Waals surface area contributed by atoms with Gasteiger partial charge in [-0.05, 0) is 55.5 Å². The van der Waals surface area contributed by atoms with Crippen molar-refractivity contribution in [1.82, 2.24) is 10.2 Å². The van der Waals surface area contributed by atoms with Crippen LogP contribution in [0.25, 0.3) is 0 Å². The van der Waals surface area contributed by atoms with Crippen molar-refractivity contribution in [2.75, 3.05) is 19.6 Å². The fourth-order valence-electron chi connectivity index (χ4n) is 4.62. The van der Waals surface area contributed by atoms with Gasteiger partial charge in [-0.2, -0.15) is 0 Å². The van der Waals surface area contributed by atoms with Gasteiger partial charge in [-0.15, -0.1) is 0 Å². The number of nitrogens with zero attached hydrogens (tertiary/aromatic N) is 1. The molecule has 8 heteroatoms. The standard InChI is InChI=1S/C33H42N4O4/c1-4-15-37(16-5-2)32(39)27-18-26(31(35)38)19-28(20-27)33(40)41-30(22-36-21-25-9-7-6-8-10-25)29(34)17-24-13-11-23(3)12-14-24/h6-14,18-20,29-30,36H,4-5,15-17,21-22,34H2,1-3H3,(H2,35,38)/t29-,30+/m0/s1. The van der Waals surface area contributed by atoms with Gasteiger partial charge in [0.15, 0.2) is 0 Å². The van der Waals surface area contributed by atoms with E-state index >= 15 is 0 Å². The van der Waals surface area contributed by atoms with Crippen LogP contribution in [0.5, 0.6) is 0 Å². The third kappa shape index (κ3) is 9.55. The fraction of sp³-hybridized carbons (Fsp3) is 0.364. The number of nitrogens with two attached hydrogens (primary N) is 2. The first-order chi connectivity index (χ1) is 19.7. The van der Waals surface area contributed by atoms with Gasteiger partial charge in [0, 0.05) is 43.3 Å². The van der Waals surface area contributed by atoms with E-state index in [2.05, 4.69) is 5.32 Å². The van der Waals surface area contributed by atoms with E-state index in [4.69, 9.17) is 16.2 Å². The first-order valence-electron chi connectivity index (χ1n) is 14.2. The van der Waals surface area contributed by atoms with Gasteiger partial charge < -0.3 is 26.4 Å². The highest BCUT2D eigenvalue weighted by atomic mass is 16.5. The maximum Gasteiger partial charge on any atom is 0.338 e. The molecule has 3 rings (SSSR count). The Morgan fingerprint density at radius 2 is 1.46 bits per heavy atom. The molecule has 0 saturated carbocycles. The molecule has 0 radical (unpaired) electrons. The Hall–Kier alpha value is -4.01. The summed E-state index contributed by atoms with van der Waals surface area (Å²) >= 11 is 0. The lowest BCUT2D eigenvalue weighted by Gasteiger charge is -2.25. The molecule has 41 heavy (non-hydrogen) atoms. The van der Waals surface area contributed by atoms with E-state index in [9.17, 15) is 14.4 Å². The van der Waals surface area contributed by atoms with Gasteiger partial charge in [-0.25, -0.2) is 4.79 Å². The van der Waals surface area contributed by atoms with Crippen LogP contribution >= 0.6 is 0 Å². The van der Waals surface area contributed by atoms with Gasteiger partial charge in [0.2, 0.25) is 5.91 Å². The van der Waals surface area contributed by atoms with Gasteiger partial charge in [0.1, 0.15) is 6.10 Å². The summed E-state index contributed by atoms with van der Waals surface area (Å²) in [4.78, 5) is 40.6. The Labute approximate surface area is 243 Å². The Kier molecular flexibility index (Phi) is 12.1. The summed E-state index contributed by atoms with van der Waals surface area (Å²) in [6.07, 6.45) is 1.39. The number of carbonyl (C=O) groups is 3. The van der Waals surface area contributed by atoms with Crippen molar-refractivity contribution >= 4 is 17.8 Å². The number of benzene rings is 3. The molecule has 218 valence electrons. The highest BCUT2D eigenvalue weighted by molar-refractivity contribution is 6.03. The van der Waals surface area contributed by atoms with Crippen LogP contribution in [-0.2, 0) is 17.7 Å². The lowest BCUT2D eigenvalue weighted by molar-refractivity contribution is 0.0238. The zero-order valence-electron chi connectivity index (χ0n) is 24.3. The van der Waals surface area contributed by atoms with E-state index in [1.807, 2.05) is 75.4 Å². The molecule has 0 aliphatic rings. The Bertz CT molecular complexity index is 1290. The number of primary amides is 1. The Morgan fingerprint density at radius 3 is 2.07 bits per heavy atom. The molecule has 8 nitrogen and oxygen atoms in total. The predicted molar refractivity (Wildman–Crippen MR) is 162 cm³/mol. The van der Waals surface area contributed by atoms with Crippen LogP contribution in [-0.4, -0.2) is 54.5 Å². The molecule has 0 heterocycles. The molecule has 0 fully saturated rings. The zero-order valence-corrected chi connectivity index (χ0v) is 24.3. The summed E-state index contributed by atoms with van der Waals surface area (Å²) < 4.78 is 5.95. The van der Waals surface area contributed by atoms with Crippen LogP contribution in [0.2, 0.25) is 0 Å². The number of ether oxygens (including phenoxy) is 1. The molecule has 0 aliphatic carbocycles. The number of amides is 2. The number of aryl methyl sites for hydroxylation is 1. The molecule has 2 atom stereocenters. The van der Waals surface area contributed by atoms with Crippen molar-refractivity contribution in [3.05, 3.63) is 106 Å². The van der Waals surface area contributed by atoms with Crippen molar-refractivity contribution < 1.29 is 19.1 Å². The van der Waals surface area contributed by atoms with E-state index in [1.54, 1.807) is 4.90 Å². The topological polar surface area (TPSA) is 128 Å². The number of hydrogen-bond donors (Lipinski definition) is 3. The fourth-order valence-corrected chi connectivity index (χ4v) is 4.62. The van der Waals surface area contributed by atoms with Crippen LogP contribution in [0.4, 0.5) is 0 Å². The number of hydrogen-bond acceptors (Lipinski definition) is 6. The van der Waals surface area contributed by atoms with Crippen LogP contribution in [0.1, 0.15) is 74.5 Å². The van der Waals surface area contributed by atoms with E-state index in [0.29, 0.717) is 32.6 Å². The summed E-state index contributed by atoms with van der Waals surface area (Å²) in [5.41, 5.74) is 15.8. The molecule has 2 amide bonds. The lowest BCUT2D eigenvalue weighted by Crippen LogP contribution is -2.46. The van der Waals surface area contributed by atoms with Crippen LogP contribution in [0.15, 0.2) is 72.8 Å². The number of rotatable bonds is 15. The summed E-state index contributed by atoms with van der Waals surface area (Å²) in [5.74, 6) is -1.67. The van der Waals surface area contributed by atoms with Gasteiger partial charge in [0.25, 0.3) is 5.91 Å². The monoisotopic (exact) mass is 558 g/mol. The zero-order chi connectivity index (χ0) is 29.8. The molecule has 5 N–H and O–H groups in total. The van der Waals surface area contributed by atoms with Crippen molar-refractivity contribution in [3.63, 3.8) is 0 Å². The first kappa shape index (κ1) is 31.5. The molecule has 0 bridgehead atoms. The smallest absolute Gasteiger partial charge is 0.338 e. The predicted octanol–water partition coefficient (Wildman–Crippen LogP) is 4.24. The Balaban J connectivity index is 1.84. The average Bonchev–Trinajstić information content (AvgIpc) is 2.97. The maximum atomic E-state index is 13.5. The number of esters is 1.